The minimum atomic E-state index is -1.21. The number of carbonyl (C=O) groups is 4. The maximum atomic E-state index is 12.5. The second-order valence-corrected chi connectivity index (χ2v) is 6.59. The van der Waals surface area contributed by atoms with Crippen LogP contribution in [-0.4, -0.2) is 58.6 Å². The molecule has 0 aromatic carbocycles. The smallest absolute Gasteiger partial charge is 0.326 e. The van der Waals surface area contributed by atoms with E-state index in [1.54, 1.807) is 6.92 Å². The Labute approximate surface area is 159 Å². The largest absolute Gasteiger partial charge is 0.481 e. The molecule has 10 heteroatoms. The summed E-state index contributed by atoms with van der Waals surface area (Å²) < 4.78 is 0. The molecular formula is C17H32N4O6. The lowest BCUT2D eigenvalue weighted by Gasteiger charge is -2.24. The standard InChI is InChI=1S/C17H32N4O6/c1-3-10(2)14(19)16(25)20-11(7-8-13(22)23)15(24)21-12(17(26)27)6-4-5-9-18/h10-12,14H,3-9,18-19H2,1-2H3,(H,20,25)(H,21,24)(H,22,23)(H,26,27)/t10-,11-,12-,14-/m0/s1. The number of nitrogens with one attached hydrogen (secondary N) is 2. The second kappa shape index (κ2) is 13.0. The molecule has 0 saturated carbocycles. The van der Waals surface area contributed by atoms with Gasteiger partial charge in [-0.25, -0.2) is 4.79 Å². The Hall–Kier alpha value is -2.20. The fraction of sp³-hybridized carbons (Fsp3) is 0.765. The van der Waals surface area contributed by atoms with Crippen LogP contribution in [0.5, 0.6) is 0 Å². The quantitative estimate of drug-likeness (QED) is 0.213. The van der Waals surface area contributed by atoms with E-state index in [2.05, 4.69) is 10.6 Å². The van der Waals surface area contributed by atoms with Crippen LogP contribution in [0.4, 0.5) is 0 Å². The number of amides is 2. The molecule has 27 heavy (non-hydrogen) atoms. The molecule has 0 fully saturated rings. The molecule has 0 spiro atoms. The van der Waals surface area contributed by atoms with Crippen LogP contribution in [0.3, 0.4) is 0 Å². The molecule has 2 amide bonds. The van der Waals surface area contributed by atoms with E-state index in [1.165, 1.54) is 0 Å². The van der Waals surface area contributed by atoms with Crippen LogP contribution in [0, 0.1) is 5.92 Å². The zero-order valence-corrected chi connectivity index (χ0v) is 15.9. The number of carboxylic acids is 2. The first-order valence-corrected chi connectivity index (χ1v) is 9.14. The number of carbonyl (C=O) groups excluding carboxylic acids is 2. The van der Waals surface area contributed by atoms with Gasteiger partial charge in [-0.05, 0) is 38.1 Å². The Morgan fingerprint density at radius 1 is 0.963 bits per heavy atom. The second-order valence-electron chi connectivity index (χ2n) is 6.59. The van der Waals surface area contributed by atoms with Crippen LogP contribution in [0.2, 0.25) is 0 Å². The molecule has 0 saturated heterocycles. The monoisotopic (exact) mass is 388 g/mol. The topological polar surface area (TPSA) is 185 Å². The SMILES string of the molecule is CC[C@H](C)[C@H](N)C(=O)N[C@@H](CCC(=O)O)C(=O)N[C@@H](CCCCN)C(=O)O. The lowest BCUT2D eigenvalue weighted by atomic mass is 9.98. The predicted octanol–water partition coefficient (Wildman–Crippen LogP) is -0.592. The predicted molar refractivity (Wildman–Crippen MR) is 98.7 cm³/mol. The Morgan fingerprint density at radius 2 is 1.56 bits per heavy atom. The maximum absolute atomic E-state index is 12.5. The number of hydrogen-bond acceptors (Lipinski definition) is 6. The van der Waals surface area contributed by atoms with Gasteiger partial charge >= 0.3 is 11.9 Å². The Kier molecular flexibility index (Phi) is 12.0. The zero-order valence-electron chi connectivity index (χ0n) is 15.9. The van der Waals surface area contributed by atoms with E-state index in [0.717, 1.165) is 0 Å². The van der Waals surface area contributed by atoms with Crippen LogP contribution in [0.15, 0.2) is 0 Å². The van der Waals surface area contributed by atoms with E-state index in [1.807, 2.05) is 6.92 Å². The van der Waals surface area contributed by atoms with Gasteiger partial charge in [0, 0.05) is 6.42 Å². The lowest BCUT2D eigenvalue weighted by Crippen LogP contribution is -2.55. The van der Waals surface area contributed by atoms with E-state index in [0.29, 0.717) is 25.8 Å². The van der Waals surface area contributed by atoms with Crippen molar-refractivity contribution in [3.63, 3.8) is 0 Å². The van der Waals surface area contributed by atoms with Gasteiger partial charge in [0.1, 0.15) is 12.1 Å². The minimum Gasteiger partial charge on any atom is -0.481 e. The summed E-state index contributed by atoms with van der Waals surface area (Å²) in [6, 6.07) is -3.17. The van der Waals surface area contributed by atoms with Gasteiger partial charge in [-0.15, -0.1) is 0 Å². The third-order valence-corrected chi connectivity index (χ3v) is 4.40. The highest BCUT2D eigenvalue weighted by Gasteiger charge is 2.29. The third-order valence-electron chi connectivity index (χ3n) is 4.40. The molecule has 0 radical (unpaired) electrons. The van der Waals surface area contributed by atoms with Crippen molar-refractivity contribution in [3.05, 3.63) is 0 Å². The van der Waals surface area contributed by atoms with Gasteiger partial charge in [0.25, 0.3) is 0 Å². The van der Waals surface area contributed by atoms with E-state index < -0.39 is 41.9 Å². The van der Waals surface area contributed by atoms with Crippen molar-refractivity contribution in [2.24, 2.45) is 17.4 Å². The van der Waals surface area contributed by atoms with Crippen molar-refractivity contribution in [2.45, 2.75) is 70.5 Å². The number of hydrogen-bond donors (Lipinski definition) is 6. The van der Waals surface area contributed by atoms with Gasteiger partial charge in [-0.2, -0.15) is 0 Å². The first-order chi connectivity index (χ1) is 12.6. The lowest BCUT2D eigenvalue weighted by molar-refractivity contribution is -0.143. The van der Waals surface area contributed by atoms with Crippen molar-refractivity contribution in [1.82, 2.24) is 10.6 Å². The summed E-state index contributed by atoms with van der Waals surface area (Å²) in [5.74, 6) is -3.80. The summed E-state index contributed by atoms with van der Waals surface area (Å²) in [6.45, 7) is 4.06. The first-order valence-electron chi connectivity index (χ1n) is 9.14. The highest BCUT2D eigenvalue weighted by atomic mass is 16.4. The van der Waals surface area contributed by atoms with Crippen molar-refractivity contribution in [2.75, 3.05) is 6.54 Å². The van der Waals surface area contributed by atoms with Crippen molar-refractivity contribution >= 4 is 23.8 Å². The van der Waals surface area contributed by atoms with Crippen LogP contribution in [0.25, 0.3) is 0 Å². The van der Waals surface area contributed by atoms with Crippen LogP contribution in [0.1, 0.15) is 52.4 Å². The molecule has 4 atom stereocenters. The Bertz CT molecular complexity index is 514. The number of rotatable bonds is 14. The fourth-order valence-corrected chi connectivity index (χ4v) is 2.34. The highest BCUT2D eigenvalue weighted by molar-refractivity contribution is 5.92. The normalized spacial score (nSPS) is 15.3. The summed E-state index contributed by atoms with van der Waals surface area (Å²) in [7, 11) is 0. The fourth-order valence-electron chi connectivity index (χ4n) is 2.34. The van der Waals surface area contributed by atoms with Gasteiger partial charge in [-0.3, -0.25) is 14.4 Å². The Morgan fingerprint density at radius 3 is 2.04 bits per heavy atom. The molecule has 0 bridgehead atoms. The molecule has 10 nitrogen and oxygen atoms in total. The van der Waals surface area contributed by atoms with Gasteiger partial charge in [0.2, 0.25) is 11.8 Å². The molecule has 0 aromatic rings. The third kappa shape index (κ3) is 9.90. The average Bonchev–Trinajstić information content (AvgIpc) is 2.62. The number of unbranched alkanes of at least 4 members (excludes halogenated alkanes) is 1. The molecule has 0 rings (SSSR count). The van der Waals surface area contributed by atoms with E-state index >= 15 is 0 Å². The van der Waals surface area contributed by atoms with Crippen molar-refractivity contribution < 1.29 is 29.4 Å². The summed E-state index contributed by atoms with van der Waals surface area (Å²) in [4.78, 5) is 46.9. The van der Waals surface area contributed by atoms with Gasteiger partial charge in [0.05, 0.1) is 6.04 Å². The summed E-state index contributed by atoms with van der Waals surface area (Å²) in [5, 5.41) is 22.9. The Balaban J connectivity index is 5.07. The summed E-state index contributed by atoms with van der Waals surface area (Å²) >= 11 is 0. The van der Waals surface area contributed by atoms with Crippen LogP contribution < -0.4 is 22.1 Å². The molecule has 0 unspecified atom stereocenters. The molecule has 8 N–H and O–H groups in total. The molecule has 0 aliphatic carbocycles. The van der Waals surface area contributed by atoms with Gasteiger partial charge in [0.15, 0.2) is 0 Å². The molecule has 0 aromatic heterocycles. The van der Waals surface area contributed by atoms with Crippen molar-refractivity contribution in [1.29, 1.82) is 0 Å². The van der Waals surface area contributed by atoms with E-state index in [9.17, 15) is 24.3 Å². The maximum Gasteiger partial charge on any atom is 0.326 e. The highest BCUT2D eigenvalue weighted by Crippen LogP contribution is 2.08. The summed E-state index contributed by atoms with van der Waals surface area (Å²) in [5.41, 5.74) is 11.2. The molecule has 156 valence electrons. The average molecular weight is 388 g/mol. The van der Waals surface area contributed by atoms with E-state index in [-0.39, 0.29) is 25.2 Å². The van der Waals surface area contributed by atoms with E-state index in [4.69, 9.17) is 16.6 Å². The molecule has 0 aliphatic heterocycles. The molecular weight excluding hydrogens is 356 g/mol. The number of aliphatic carboxylic acids is 2. The molecule has 0 heterocycles. The van der Waals surface area contributed by atoms with Gasteiger partial charge in [-0.1, -0.05) is 20.3 Å². The first kappa shape index (κ1) is 24.8. The van der Waals surface area contributed by atoms with Crippen LogP contribution in [-0.2, 0) is 19.2 Å². The minimum absolute atomic E-state index is 0.129. The van der Waals surface area contributed by atoms with Crippen molar-refractivity contribution in [3.8, 4) is 0 Å². The molecule has 0 aliphatic rings. The number of carboxylic acid groups (broad SMARTS) is 2. The van der Waals surface area contributed by atoms with Crippen LogP contribution >= 0.6 is 0 Å². The number of nitrogens with two attached hydrogens (primary N) is 2. The zero-order chi connectivity index (χ0) is 21.0. The summed E-state index contributed by atoms with van der Waals surface area (Å²) in [6.07, 6.45) is 1.44. The van der Waals surface area contributed by atoms with Gasteiger partial charge < -0.3 is 32.3 Å².